The summed E-state index contributed by atoms with van der Waals surface area (Å²) in [6.45, 7) is 0. The van der Waals surface area contributed by atoms with E-state index in [-0.39, 0.29) is 7.05 Å². The average Bonchev–Trinajstić information content (AvgIpc) is 1.78. The fraction of sp³-hybridized carbons (Fsp3) is 0.333. The normalized spacial score (nSPS) is 15.1. The van der Waals surface area contributed by atoms with Gasteiger partial charge in [0.25, 0.3) is 0 Å². The molecule has 4 nitrogen and oxygen atoms in total. The third kappa shape index (κ3) is 9.68. The Labute approximate surface area is 92.6 Å². The van der Waals surface area contributed by atoms with Crippen LogP contribution in [0.1, 0.15) is 0 Å². The smallest absolute Gasteiger partial charge is 0.365 e. The Kier molecular flexibility index (Phi) is 4.20. The lowest BCUT2D eigenvalue weighted by atomic mass is 11.2. The molecular weight excluding hydrogens is 287 g/mol. The number of amides is 2. The van der Waals surface area contributed by atoms with Crippen molar-refractivity contribution in [1.29, 1.82) is 0 Å². The molecule has 0 radical (unpaired) electrons. The summed E-state index contributed by atoms with van der Waals surface area (Å²) in [4.78, 5) is 18.8. The Hall–Kier alpha value is -0.620. The molecular formula is C3H5F5N2O2S3-2. The highest BCUT2D eigenvalue weighted by Gasteiger charge is 2.67. The van der Waals surface area contributed by atoms with E-state index in [1.54, 1.807) is 0 Å². The molecule has 0 saturated heterocycles. The molecule has 0 spiro atoms. The van der Waals surface area contributed by atoms with Gasteiger partial charge in [-0.2, -0.15) is 0 Å². The highest BCUT2D eigenvalue weighted by atomic mass is 32.5. The van der Waals surface area contributed by atoms with E-state index >= 15 is 0 Å². The van der Waals surface area contributed by atoms with E-state index in [0.717, 1.165) is 0 Å². The molecule has 0 atom stereocenters. The minimum Gasteiger partial charge on any atom is -0.719 e. The van der Waals surface area contributed by atoms with Crippen molar-refractivity contribution in [2.24, 2.45) is 5.73 Å². The molecule has 0 aliphatic heterocycles. The summed E-state index contributed by atoms with van der Waals surface area (Å²) in [6, 6.07) is 0. The first-order valence-corrected chi connectivity index (χ1v) is 5.45. The largest absolute Gasteiger partial charge is 0.719 e. The van der Waals surface area contributed by atoms with Crippen molar-refractivity contribution in [2.45, 2.75) is 0 Å². The first-order chi connectivity index (χ1) is 6.07. The number of halogens is 5. The zero-order chi connectivity index (χ0) is 13.1. The molecule has 0 fully saturated rings. The second-order valence-electron chi connectivity index (χ2n) is 2.01. The Balaban J connectivity index is 0. The summed E-state index contributed by atoms with van der Waals surface area (Å²) in [7, 11) is -9.93. The number of nitrogens with two attached hydrogens (primary N) is 1. The topological polar surface area (TPSA) is 63.4 Å². The quantitative estimate of drug-likeness (QED) is 0.595. The van der Waals surface area contributed by atoms with Gasteiger partial charge < -0.3 is 40.6 Å². The Bertz CT molecular complexity index is 271. The van der Waals surface area contributed by atoms with Crippen LogP contribution in [0.3, 0.4) is 0 Å². The SMILES string of the molecule is CN(C(=O)[S-])S(F)(F)(F)(F)F.NC(=O)[S-]. The average molecular weight is 292 g/mol. The Morgan fingerprint density at radius 1 is 1.13 bits per heavy atom. The number of rotatable bonds is 1. The van der Waals surface area contributed by atoms with Crippen LogP contribution in [0.15, 0.2) is 0 Å². The zero-order valence-corrected chi connectivity index (χ0v) is 9.41. The van der Waals surface area contributed by atoms with Gasteiger partial charge in [-0.3, -0.25) is 0 Å². The first kappa shape index (κ1) is 16.8. The van der Waals surface area contributed by atoms with E-state index in [9.17, 15) is 24.2 Å². The lowest BCUT2D eigenvalue weighted by Crippen LogP contribution is -2.33. The predicted molar refractivity (Wildman–Crippen MR) is 50.6 cm³/mol. The maximum atomic E-state index is 11.5. The van der Waals surface area contributed by atoms with E-state index in [0.29, 0.717) is 0 Å². The van der Waals surface area contributed by atoms with Crippen molar-refractivity contribution in [3.63, 3.8) is 0 Å². The molecule has 0 aromatic carbocycles. The fourth-order valence-electron chi connectivity index (χ4n) is 0.141. The van der Waals surface area contributed by atoms with Gasteiger partial charge in [-0.1, -0.05) is 19.4 Å². The highest BCUT2D eigenvalue weighted by Crippen LogP contribution is 2.99. The van der Waals surface area contributed by atoms with Gasteiger partial charge in [-0.25, -0.2) is 4.31 Å². The molecule has 0 unspecified atom stereocenters. The highest BCUT2D eigenvalue weighted by molar-refractivity contribution is 8.44. The van der Waals surface area contributed by atoms with Gasteiger partial charge in [-0.05, 0) is 0 Å². The summed E-state index contributed by atoms with van der Waals surface area (Å²) in [5.74, 6) is 0. The molecule has 94 valence electrons. The molecule has 0 saturated carbocycles. The van der Waals surface area contributed by atoms with Crippen molar-refractivity contribution < 1.29 is 29.0 Å². The van der Waals surface area contributed by atoms with Crippen molar-refractivity contribution in [2.75, 3.05) is 7.05 Å². The summed E-state index contributed by atoms with van der Waals surface area (Å²) in [5.41, 5.74) is 4.29. The van der Waals surface area contributed by atoms with Crippen LogP contribution in [0.4, 0.5) is 29.0 Å². The molecule has 15 heavy (non-hydrogen) atoms. The number of hydrogen-bond acceptors (Lipinski definition) is 4. The molecule has 0 heterocycles. The Morgan fingerprint density at radius 2 is 1.33 bits per heavy atom. The van der Waals surface area contributed by atoms with E-state index in [1.807, 2.05) is 0 Å². The van der Waals surface area contributed by atoms with Crippen molar-refractivity contribution >= 4 is 46.1 Å². The van der Waals surface area contributed by atoms with Gasteiger partial charge in [0.1, 0.15) is 5.24 Å². The summed E-state index contributed by atoms with van der Waals surface area (Å²) in [5, 5.41) is -2.90. The van der Waals surface area contributed by atoms with Crippen LogP contribution in [-0.4, -0.2) is 21.8 Å². The predicted octanol–water partition coefficient (Wildman–Crippen LogP) is 2.41. The number of primary amides is 1. The van der Waals surface area contributed by atoms with Crippen LogP contribution in [0.2, 0.25) is 0 Å². The molecule has 0 aromatic rings. The zero-order valence-electron chi connectivity index (χ0n) is 6.96. The lowest BCUT2D eigenvalue weighted by molar-refractivity contribution is 0.228. The number of carbonyl (C=O) groups excluding carboxylic acids is 2. The van der Waals surface area contributed by atoms with Crippen molar-refractivity contribution in [3.8, 4) is 0 Å². The van der Waals surface area contributed by atoms with Crippen LogP contribution in [0.25, 0.3) is 0 Å². The number of nitrogens with zero attached hydrogens (tertiary/aromatic N) is 1. The van der Waals surface area contributed by atoms with Gasteiger partial charge in [0.05, 0.1) is 5.24 Å². The molecule has 0 aromatic heterocycles. The van der Waals surface area contributed by atoms with Gasteiger partial charge in [-0.15, -0.1) is 0 Å². The van der Waals surface area contributed by atoms with Crippen LogP contribution in [0, 0.1) is 0 Å². The minimum absolute atomic E-state index is 0.100. The number of hydrogen-bond donors (Lipinski definition) is 1. The standard InChI is InChI=1S/C2H4F5NOS2.CH3NOS/c1-8(2(9)10)11(3,4,5,6)7;2-1(3)4/h1H3,(H,9,10);(H3,2,3,4)/p-2. The fourth-order valence-corrected chi connectivity index (χ4v) is 0.845. The number of carbonyl (C=O) groups is 2. The van der Waals surface area contributed by atoms with E-state index in [2.05, 4.69) is 31.0 Å². The van der Waals surface area contributed by atoms with Crippen LogP contribution >= 0.6 is 10.4 Å². The molecule has 0 aliphatic rings. The van der Waals surface area contributed by atoms with E-state index < -0.39 is 25.2 Å². The van der Waals surface area contributed by atoms with Gasteiger partial charge in [0.15, 0.2) is 0 Å². The minimum atomic E-state index is -9.83. The van der Waals surface area contributed by atoms with Gasteiger partial charge >= 0.3 is 10.4 Å². The van der Waals surface area contributed by atoms with E-state index in [1.165, 1.54) is 0 Å². The molecule has 0 aliphatic carbocycles. The Morgan fingerprint density at radius 3 is 1.33 bits per heavy atom. The molecule has 0 bridgehead atoms. The summed E-state index contributed by atoms with van der Waals surface area (Å²) in [6.07, 6.45) is 0. The van der Waals surface area contributed by atoms with E-state index in [4.69, 9.17) is 4.79 Å². The van der Waals surface area contributed by atoms with Crippen molar-refractivity contribution in [3.05, 3.63) is 0 Å². The second-order valence-corrected chi connectivity index (χ2v) is 5.17. The lowest BCUT2D eigenvalue weighted by Gasteiger charge is -2.48. The summed E-state index contributed by atoms with van der Waals surface area (Å²) >= 11 is 7.17. The molecule has 12 heteroatoms. The maximum absolute atomic E-state index is 11.5. The van der Waals surface area contributed by atoms with Crippen LogP contribution in [0.5, 0.6) is 0 Å². The maximum Gasteiger partial charge on any atom is 0.365 e. The monoisotopic (exact) mass is 292 g/mol. The van der Waals surface area contributed by atoms with Crippen LogP contribution in [-0.2, 0) is 25.3 Å². The summed E-state index contributed by atoms with van der Waals surface area (Å²) < 4.78 is 55.8. The third-order valence-corrected chi connectivity index (χ3v) is 2.37. The van der Waals surface area contributed by atoms with Gasteiger partial charge in [0, 0.05) is 7.05 Å². The third-order valence-electron chi connectivity index (χ3n) is 0.775. The second kappa shape index (κ2) is 3.75. The van der Waals surface area contributed by atoms with Crippen LogP contribution < -0.4 is 5.73 Å². The molecule has 2 N–H and O–H groups in total. The molecule has 2 amide bonds. The van der Waals surface area contributed by atoms with Gasteiger partial charge in [0.2, 0.25) is 0 Å². The van der Waals surface area contributed by atoms with Crippen molar-refractivity contribution in [1.82, 2.24) is 4.31 Å². The first-order valence-electron chi connectivity index (χ1n) is 2.73. The molecule has 0 rings (SSSR count).